The first-order valence-corrected chi connectivity index (χ1v) is 6.16. The number of carbonyl (C=O) groups excluding carboxylic acids is 2. The van der Waals surface area contributed by atoms with E-state index >= 15 is 0 Å². The molecule has 1 aromatic rings. The third-order valence-corrected chi connectivity index (χ3v) is 3.03. The second-order valence-corrected chi connectivity index (χ2v) is 4.54. The molecular formula is C12H18N4O3. The van der Waals surface area contributed by atoms with Gasteiger partial charge in [-0.3, -0.25) is 15.0 Å². The lowest BCUT2D eigenvalue weighted by Crippen LogP contribution is -2.58. The zero-order valence-electron chi connectivity index (χ0n) is 10.8. The number of hydrogen-bond acceptors (Lipinski definition) is 5. The molecule has 3 N–H and O–H groups in total. The topological polar surface area (TPSA) is 86.6 Å². The second kappa shape index (κ2) is 6.35. The van der Waals surface area contributed by atoms with E-state index < -0.39 is 6.03 Å². The van der Waals surface area contributed by atoms with Crippen LogP contribution in [0.5, 0.6) is 0 Å². The number of amides is 3. The molecule has 2 rings (SSSR count). The highest BCUT2D eigenvalue weighted by molar-refractivity contribution is 5.95. The van der Waals surface area contributed by atoms with Crippen molar-refractivity contribution in [2.75, 3.05) is 26.7 Å². The molecule has 104 valence electrons. The Kier molecular flexibility index (Phi) is 4.53. The number of rotatable bonds is 5. The molecule has 0 unspecified atom stereocenters. The van der Waals surface area contributed by atoms with Gasteiger partial charge in [-0.1, -0.05) is 0 Å². The molecule has 0 bridgehead atoms. The Bertz CT molecular complexity index is 428. The number of nitrogens with one attached hydrogen (secondary N) is 3. The summed E-state index contributed by atoms with van der Waals surface area (Å²) in [5, 5.41) is 7.96. The van der Waals surface area contributed by atoms with Crippen LogP contribution < -0.4 is 16.0 Å². The van der Waals surface area contributed by atoms with E-state index in [0.29, 0.717) is 11.8 Å². The van der Waals surface area contributed by atoms with E-state index in [1.165, 1.54) is 6.26 Å². The van der Waals surface area contributed by atoms with Crippen molar-refractivity contribution in [3.63, 3.8) is 0 Å². The van der Waals surface area contributed by atoms with Crippen LogP contribution in [0.4, 0.5) is 4.79 Å². The summed E-state index contributed by atoms with van der Waals surface area (Å²) in [6.07, 6.45) is 1.53. The Morgan fingerprint density at radius 3 is 2.89 bits per heavy atom. The highest BCUT2D eigenvalue weighted by Crippen LogP contribution is 2.01. The lowest BCUT2D eigenvalue weighted by molar-refractivity contribution is -0.121. The van der Waals surface area contributed by atoms with Crippen molar-refractivity contribution in [1.82, 2.24) is 20.9 Å². The predicted molar refractivity (Wildman–Crippen MR) is 68.4 cm³/mol. The van der Waals surface area contributed by atoms with E-state index in [-0.39, 0.29) is 19.0 Å². The molecule has 0 aromatic carbocycles. The molecule has 1 aliphatic rings. The standard InChI is InChI=1S/C12H18N4O3/c1-16(9-5-13-6-9)8-11(17)15-12(18)14-7-10-3-2-4-19-10/h2-4,9,13H,5-8H2,1H3,(H2,14,15,17,18). The SMILES string of the molecule is CN(CC(=O)NC(=O)NCc1ccco1)C1CNC1. The number of imide groups is 1. The maximum atomic E-state index is 11.6. The summed E-state index contributed by atoms with van der Waals surface area (Å²) in [7, 11) is 1.87. The number of likely N-dealkylation sites (N-methyl/N-ethyl adjacent to an activating group) is 1. The van der Waals surface area contributed by atoms with Gasteiger partial charge in [0.1, 0.15) is 5.76 Å². The predicted octanol–water partition coefficient (Wildman–Crippen LogP) is -0.491. The van der Waals surface area contributed by atoms with E-state index in [0.717, 1.165) is 13.1 Å². The van der Waals surface area contributed by atoms with Gasteiger partial charge in [-0.2, -0.15) is 0 Å². The van der Waals surface area contributed by atoms with Gasteiger partial charge in [-0.25, -0.2) is 4.79 Å². The van der Waals surface area contributed by atoms with Crippen molar-refractivity contribution in [1.29, 1.82) is 0 Å². The second-order valence-electron chi connectivity index (χ2n) is 4.54. The molecule has 19 heavy (non-hydrogen) atoms. The molecule has 7 nitrogen and oxygen atoms in total. The minimum Gasteiger partial charge on any atom is -0.467 e. The van der Waals surface area contributed by atoms with Crippen molar-refractivity contribution in [3.8, 4) is 0 Å². The third kappa shape index (κ3) is 4.08. The lowest BCUT2D eigenvalue weighted by Gasteiger charge is -2.35. The van der Waals surface area contributed by atoms with Crippen molar-refractivity contribution >= 4 is 11.9 Å². The maximum Gasteiger partial charge on any atom is 0.321 e. The molecule has 1 saturated heterocycles. The highest BCUT2D eigenvalue weighted by atomic mass is 16.3. The molecule has 0 radical (unpaired) electrons. The zero-order valence-corrected chi connectivity index (χ0v) is 10.8. The van der Waals surface area contributed by atoms with Crippen LogP contribution in [0.25, 0.3) is 0 Å². The molecule has 1 fully saturated rings. The van der Waals surface area contributed by atoms with E-state index in [1.807, 2.05) is 11.9 Å². The quantitative estimate of drug-likeness (QED) is 0.669. The van der Waals surface area contributed by atoms with Crippen molar-refractivity contribution in [3.05, 3.63) is 24.2 Å². The number of urea groups is 1. The fraction of sp³-hybridized carbons (Fsp3) is 0.500. The van der Waals surface area contributed by atoms with E-state index in [2.05, 4.69) is 16.0 Å². The Balaban J connectivity index is 1.65. The number of nitrogens with zero attached hydrogens (tertiary/aromatic N) is 1. The maximum absolute atomic E-state index is 11.6. The fourth-order valence-electron chi connectivity index (χ4n) is 1.73. The molecule has 0 aliphatic carbocycles. The summed E-state index contributed by atoms with van der Waals surface area (Å²) in [6, 6.07) is 3.35. The minimum absolute atomic E-state index is 0.209. The van der Waals surface area contributed by atoms with Gasteiger partial charge in [0.2, 0.25) is 5.91 Å². The molecule has 0 atom stereocenters. The first-order valence-electron chi connectivity index (χ1n) is 6.16. The van der Waals surface area contributed by atoms with Crippen LogP contribution in [0.15, 0.2) is 22.8 Å². The average Bonchev–Trinajstić information content (AvgIpc) is 2.75. The Morgan fingerprint density at radius 1 is 1.53 bits per heavy atom. The molecule has 0 saturated carbocycles. The van der Waals surface area contributed by atoms with Gasteiger partial charge in [-0.05, 0) is 19.2 Å². The number of furan rings is 1. The van der Waals surface area contributed by atoms with Crippen LogP contribution in [0.1, 0.15) is 5.76 Å². The zero-order chi connectivity index (χ0) is 13.7. The fourth-order valence-corrected chi connectivity index (χ4v) is 1.73. The van der Waals surface area contributed by atoms with Crippen molar-refractivity contribution in [2.45, 2.75) is 12.6 Å². The summed E-state index contributed by atoms with van der Waals surface area (Å²) in [4.78, 5) is 25.0. The molecule has 1 aliphatic heterocycles. The van der Waals surface area contributed by atoms with Crippen LogP contribution in [-0.2, 0) is 11.3 Å². The monoisotopic (exact) mass is 266 g/mol. The van der Waals surface area contributed by atoms with Gasteiger partial charge >= 0.3 is 6.03 Å². The smallest absolute Gasteiger partial charge is 0.321 e. The first-order chi connectivity index (χ1) is 9.15. The Labute approximate surface area is 111 Å². The summed E-state index contributed by atoms with van der Waals surface area (Å²) in [5.41, 5.74) is 0. The van der Waals surface area contributed by atoms with Gasteiger partial charge in [0.25, 0.3) is 0 Å². The van der Waals surface area contributed by atoms with E-state index in [9.17, 15) is 9.59 Å². The Hall–Kier alpha value is -1.86. The molecule has 7 heteroatoms. The largest absolute Gasteiger partial charge is 0.467 e. The Morgan fingerprint density at radius 2 is 2.32 bits per heavy atom. The van der Waals surface area contributed by atoms with E-state index in [4.69, 9.17) is 4.42 Å². The molecule has 1 aromatic heterocycles. The van der Waals surface area contributed by atoms with Gasteiger partial charge in [0, 0.05) is 19.1 Å². The van der Waals surface area contributed by atoms with Crippen molar-refractivity contribution in [2.24, 2.45) is 0 Å². The summed E-state index contributed by atoms with van der Waals surface area (Å²) < 4.78 is 5.06. The van der Waals surface area contributed by atoms with Gasteiger partial charge in [0.05, 0.1) is 19.4 Å². The van der Waals surface area contributed by atoms with Crippen molar-refractivity contribution < 1.29 is 14.0 Å². The molecule has 0 spiro atoms. The highest BCUT2D eigenvalue weighted by Gasteiger charge is 2.23. The van der Waals surface area contributed by atoms with Gasteiger partial charge in [-0.15, -0.1) is 0 Å². The van der Waals surface area contributed by atoms with Gasteiger partial charge < -0.3 is 15.1 Å². The normalized spacial score (nSPS) is 15.1. The summed E-state index contributed by atoms with van der Waals surface area (Å²) in [5.74, 6) is 0.326. The van der Waals surface area contributed by atoms with Crippen LogP contribution in [0, 0.1) is 0 Å². The first kappa shape index (κ1) is 13.6. The van der Waals surface area contributed by atoms with Crippen LogP contribution in [-0.4, -0.2) is 49.6 Å². The minimum atomic E-state index is -0.512. The van der Waals surface area contributed by atoms with Crippen LogP contribution >= 0.6 is 0 Å². The number of carbonyl (C=O) groups is 2. The van der Waals surface area contributed by atoms with Crippen LogP contribution in [0.2, 0.25) is 0 Å². The lowest BCUT2D eigenvalue weighted by atomic mass is 10.1. The van der Waals surface area contributed by atoms with E-state index in [1.54, 1.807) is 12.1 Å². The molecule has 3 amide bonds. The van der Waals surface area contributed by atoms with Crippen LogP contribution in [0.3, 0.4) is 0 Å². The average molecular weight is 266 g/mol. The summed E-state index contributed by atoms with van der Waals surface area (Å²) in [6.45, 7) is 2.23. The third-order valence-electron chi connectivity index (χ3n) is 3.03. The number of hydrogen-bond donors (Lipinski definition) is 3. The molecular weight excluding hydrogens is 248 g/mol. The molecule has 2 heterocycles. The van der Waals surface area contributed by atoms with Gasteiger partial charge in [0.15, 0.2) is 0 Å². The summed E-state index contributed by atoms with van der Waals surface area (Å²) >= 11 is 0.